The molecule has 10 nitrogen and oxygen atoms in total. The number of halogens is 1. The lowest BCUT2D eigenvalue weighted by atomic mass is 10.2. The number of nitrogen functional groups attached to an aromatic ring is 1. The highest BCUT2D eigenvalue weighted by Crippen LogP contribution is 2.31. The number of amides is 2. The Hall–Kier alpha value is -3.50. The van der Waals surface area contributed by atoms with Gasteiger partial charge in [-0.1, -0.05) is 11.6 Å². The van der Waals surface area contributed by atoms with Gasteiger partial charge in [0.2, 0.25) is 5.76 Å². The van der Waals surface area contributed by atoms with Gasteiger partial charge in [0.1, 0.15) is 36.0 Å². The molecule has 0 spiro atoms. The maximum absolute atomic E-state index is 12.5. The quantitative estimate of drug-likeness (QED) is 0.351. The van der Waals surface area contributed by atoms with Crippen molar-refractivity contribution < 1.29 is 28.3 Å². The first-order chi connectivity index (χ1) is 15.1. The van der Waals surface area contributed by atoms with Crippen molar-refractivity contribution in [2.24, 2.45) is 0 Å². The van der Waals surface area contributed by atoms with Crippen molar-refractivity contribution in [1.29, 1.82) is 0 Å². The van der Waals surface area contributed by atoms with Gasteiger partial charge in [0.05, 0.1) is 10.7 Å². The summed E-state index contributed by atoms with van der Waals surface area (Å²) in [6.45, 7) is 5.47. The molecule has 0 aliphatic rings. The summed E-state index contributed by atoms with van der Waals surface area (Å²) in [7, 11) is 0. The molecule has 170 valence electrons. The molecule has 0 saturated carbocycles. The Morgan fingerprint density at radius 2 is 1.97 bits per heavy atom. The number of hydrogen-bond acceptors (Lipinski definition) is 8. The van der Waals surface area contributed by atoms with Crippen LogP contribution in [0, 0.1) is 0 Å². The topological polar surface area (TPSA) is 138 Å². The van der Waals surface area contributed by atoms with Gasteiger partial charge in [-0.2, -0.15) is 5.48 Å². The molecule has 0 unspecified atom stereocenters. The number of rotatable bonds is 7. The van der Waals surface area contributed by atoms with Crippen LogP contribution in [0.3, 0.4) is 0 Å². The second-order valence-electron chi connectivity index (χ2n) is 7.62. The monoisotopic (exact) mass is 462 g/mol. The van der Waals surface area contributed by atoms with Crippen LogP contribution < -0.4 is 21.3 Å². The van der Waals surface area contributed by atoms with E-state index < -0.39 is 17.6 Å². The smallest absolute Gasteiger partial charge is 0.431 e. The van der Waals surface area contributed by atoms with E-state index in [0.717, 1.165) is 0 Å². The van der Waals surface area contributed by atoms with E-state index in [1.165, 1.54) is 6.20 Å². The normalized spacial score (nSPS) is 11.2. The van der Waals surface area contributed by atoms with Crippen molar-refractivity contribution in [1.82, 2.24) is 10.5 Å². The van der Waals surface area contributed by atoms with Gasteiger partial charge < -0.3 is 24.9 Å². The summed E-state index contributed by atoms with van der Waals surface area (Å²) in [5, 5.41) is 3.57. The SMILES string of the molecule is CC(C)(C)OC(=O)NOCCOc1ccc2oc(C(=O)Nc3ccc(Cl)cn3)c(N)c2c1. The second-order valence-corrected chi connectivity index (χ2v) is 8.06. The molecule has 0 radical (unpaired) electrons. The van der Waals surface area contributed by atoms with E-state index >= 15 is 0 Å². The lowest BCUT2D eigenvalue weighted by molar-refractivity contribution is -0.0144. The number of anilines is 2. The Morgan fingerprint density at radius 1 is 1.19 bits per heavy atom. The molecule has 4 N–H and O–H groups in total. The van der Waals surface area contributed by atoms with Crippen molar-refractivity contribution in [2.45, 2.75) is 26.4 Å². The Morgan fingerprint density at radius 3 is 2.66 bits per heavy atom. The van der Waals surface area contributed by atoms with E-state index in [1.807, 2.05) is 0 Å². The lowest BCUT2D eigenvalue weighted by Gasteiger charge is -2.19. The maximum Gasteiger partial charge on any atom is 0.431 e. The number of nitrogens with two attached hydrogens (primary N) is 1. The molecule has 0 aliphatic carbocycles. The fourth-order valence-corrected chi connectivity index (χ4v) is 2.70. The molecule has 0 aliphatic heterocycles. The molecule has 0 atom stereocenters. The first-order valence-corrected chi connectivity index (χ1v) is 9.99. The van der Waals surface area contributed by atoms with Gasteiger partial charge in [-0.15, -0.1) is 0 Å². The number of furan rings is 1. The summed E-state index contributed by atoms with van der Waals surface area (Å²) in [6.07, 6.45) is 0.722. The number of ether oxygens (including phenoxy) is 2. The number of carbonyl (C=O) groups is 2. The molecule has 0 bridgehead atoms. The van der Waals surface area contributed by atoms with Crippen LogP contribution >= 0.6 is 11.6 Å². The first kappa shape index (κ1) is 23.2. The van der Waals surface area contributed by atoms with Gasteiger partial charge in [-0.25, -0.2) is 9.78 Å². The van der Waals surface area contributed by atoms with Gasteiger partial charge >= 0.3 is 6.09 Å². The highest BCUT2D eigenvalue weighted by Gasteiger charge is 2.20. The van der Waals surface area contributed by atoms with Crippen LogP contribution in [0.5, 0.6) is 5.75 Å². The van der Waals surface area contributed by atoms with Crippen molar-refractivity contribution in [3.8, 4) is 5.75 Å². The molecule has 2 aromatic heterocycles. The van der Waals surface area contributed by atoms with Gasteiger partial charge in [-0.3, -0.25) is 9.63 Å². The van der Waals surface area contributed by atoms with Crippen molar-refractivity contribution in [3.05, 3.63) is 47.3 Å². The Bertz CT molecular complexity index is 1110. The van der Waals surface area contributed by atoms with Gasteiger partial charge in [0, 0.05) is 11.6 Å². The third-order valence-electron chi connectivity index (χ3n) is 3.88. The minimum absolute atomic E-state index is 0.0428. The molecule has 2 heterocycles. The largest absolute Gasteiger partial charge is 0.491 e. The zero-order valence-electron chi connectivity index (χ0n) is 17.7. The van der Waals surface area contributed by atoms with Crippen LogP contribution in [0.1, 0.15) is 31.3 Å². The van der Waals surface area contributed by atoms with Crippen LogP contribution in [-0.4, -0.2) is 35.8 Å². The molecule has 32 heavy (non-hydrogen) atoms. The average Bonchev–Trinajstić information content (AvgIpc) is 3.04. The second kappa shape index (κ2) is 9.75. The Kier molecular flexibility index (Phi) is 7.06. The van der Waals surface area contributed by atoms with Gasteiger partial charge in [0.15, 0.2) is 0 Å². The number of fused-ring (bicyclic) bond motifs is 1. The zero-order chi connectivity index (χ0) is 23.3. The van der Waals surface area contributed by atoms with Crippen molar-refractivity contribution in [3.63, 3.8) is 0 Å². The molecular formula is C21H23ClN4O6. The van der Waals surface area contributed by atoms with Crippen LogP contribution in [-0.2, 0) is 9.57 Å². The van der Waals surface area contributed by atoms with Gasteiger partial charge in [0.25, 0.3) is 5.91 Å². The Balaban J connectivity index is 1.56. The highest BCUT2D eigenvalue weighted by atomic mass is 35.5. The number of hydrogen-bond donors (Lipinski definition) is 3. The summed E-state index contributed by atoms with van der Waals surface area (Å²) in [5.41, 5.74) is 8.25. The van der Waals surface area contributed by atoms with Crippen LogP contribution in [0.2, 0.25) is 5.02 Å². The van der Waals surface area contributed by atoms with Crippen LogP contribution in [0.25, 0.3) is 11.0 Å². The predicted molar refractivity (Wildman–Crippen MR) is 119 cm³/mol. The molecule has 2 amide bonds. The summed E-state index contributed by atoms with van der Waals surface area (Å²) in [5.74, 6) is 0.205. The van der Waals surface area contributed by atoms with E-state index in [1.54, 1.807) is 51.1 Å². The first-order valence-electron chi connectivity index (χ1n) is 9.61. The molecule has 11 heteroatoms. The van der Waals surface area contributed by atoms with Gasteiger partial charge in [-0.05, 0) is 51.1 Å². The third-order valence-corrected chi connectivity index (χ3v) is 4.11. The molecular weight excluding hydrogens is 440 g/mol. The number of pyridine rings is 1. The Labute approximate surface area is 188 Å². The third kappa shape index (κ3) is 6.25. The fraction of sp³-hybridized carbons (Fsp3) is 0.286. The standard InChI is InChI=1S/C21H23ClN4O6/c1-21(2,3)32-20(28)26-30-9-8-29-13-5-6-15-14(10-13)17(23)18(31-15)19(27)25-16-7-4-12(22)11-24-16/h4-7,10-11H,8-9,23H2,1-3H3,(H,26,28)(H,24,25,27). The zero-order valence-corrected chi connectivity index (χ0v) is 18.5. The minimum atomic E-state index is -0.690. The number of carbonyl (C=O) groups excluding carboxylic acids is 2. The van der Waals surface area contributed by atoms with Crippen molar-refractivity contribution >= 4 is 46.1 Å². The van der Waals surface area contributed by atoms with E-state index in [0.29, 0.717) is 27.6 Å². The average molecular weight is 463 g/mol. The number of hydroxylamine groups is 1. The van der Waals surface area contributed by atoms with E-state index in [2.05, 4.69) is 15.8 Å². The van der Waals surface area contributed by atoms with Crippen LogP contribution in [0.4, 0.5) is 16.3 Å². The summed E-state index contributed by atoms with van der Waals surface area (Å²) in [6, 6.07) is 8.10. The highest BCUT2D eigenvalue weighted by molar-refractivity contribution is 6.30. The number of nitrogens with one attached hydrogen (secondary N) is 2. The molecule has 0 fully saturated rings. The minimum Gasteiger partial charge on any atom is -0.491 e. The summed E-state index contributed by atoms with van der Waals surface area (Å²) >= 11 is 5.79. The number of aromatic nitrogens is 1. The number of nitrogens with zero attached hydrogens (tertiary/aromatic N) is 1. The summed E-state index contributed by atoms with van der Waals surface area (Å²) < 4.78 is 16.2. The van der Waals surface area contributed by atoms with E-state index in [4.69, 9.17) is 36.1 Å². The predicted octanol–water partition coefficient (Wildman–Crippen LogP) is 4.15. The van der Waals surface area contributed by atoms with Crippen LogP contribution in [0.15, 0.2) is 40.9 Å². The number of benzene rings is 1. The lowest BCUT2D eigenvalue weighted by Crippen LogP contribution is -2.33. The molecule has 0 saturated heterocycles. The van der Waals surface area contributed by atoms with E-state index in [9.17, 15) is 9.59 Å². The van der Waals surface area contributed by atoms with E-state index in [-0.39, 0.29) is 24.7 Å². The fourth-order valence-electron chi connectivity index (χ4n) is 2.59. The molecule has 3 rings (SSSR count). The summed E-state index contributed by atoms with van der Waals surface area (Å²) in [4.78, 5) is 33.0. The maximum atomic E-state index is 12.5. The molecule has 3 aromatic rings. The van der Waals surface area contributed by atoms with Crippen molar-refractivity contribution in [2.75, 3.05) is 24.3 Å². The molecule has 1 aromatic carbocycles.